The number of ether oxygens (including phenoxy) is 3. The molecule has 1 aromatic carbocycles. The molecular weight excluding hydrogens is 346 g/mol. The lowest BCUT2D eigenvalue weighted by Crippen LogP contribution is -2.27. The van der Waals surface area contributed by atoms with E-state index >= 15 is 0 Å². The first-order valence-electron chi connectivity index (χ1n) is 8.08. The maximum atomic E-state index is 6.27. The minimum Gasteiger partial charge on any atom is -0.493 e. The fourth-order valence-corrected chi connectivity index (χ4v) is 2.92. The van der Waals surface area contributed by atoms with Crippen LogP contribution in [0.2, 0.25) is 0 Å². The molecule has 0 radical (unpaired) electrons. The average Bonchev–Trinajstić information content (AvgIpc) is 3.10. The molecule has 0 saturated carbocycles. The van der Waals surface area contributed by atoms with E-state index in [2.05, 4.69) is 10.1 Å². The van der Waals surface area contributed by atoms with Gasteiger partial charge in [0.2, 0.25) is 5.89 Å². The Bertz CT molecular complexity index is 674. The lowest BCUT2D eigenvalue weighted by molar-refractivity contribution is 0.0546. The summed E-state index contributed by atoms with van der Waals surface area (Å²) in [6.45, 7) is 1.48. The van der Waals surface area contributed by atoms with Crippen LogP contribution in [-0.4, -0.2) is 37.6 Å². The first-order chi connectivity index (χ1) is 11.7. The summed E-state index contributed by atoms with van der Waals surface area (Å²) < 4.78 is 21.3. The Kier molecular flexibility index (Phi) is 7.04. The quantitative estimate of drug-likeness (QED) is 0.836. The van der Waals surface area contributed by atoms with Gasteiger partial charge in [-0.1, -0.05) is 11.2 Å². The number of nitrogens with zero attached hydrogens (tertiary/aromatic N) is 2. The van der Waals surface area contributed by atoms with Crippen molar-refractivity contribution in [3.63, 3.8) is 0 Å². The van der Waals surface area contributed by atoms with E-state index in [1.54, 1.807) is 14.2 Å². The van der Waals surface area contributed by atoms with Crippen LogP contribution < -0.4 is 15.2 Å². The van der Waals surface area contributed by atoms with Crippen LogP contribution in [0, 0.1) is 5.92 Å². The molecule has 7 nitrogen and oxygen atoms in total. The fraction of sp³-hybridized carbons (Fsp3) is 0.529. The third kappa shape index (κ3) is 4.62. The van der Waals surface area contributed by atoms with Crippen LogP contribution in [0.4, 0.5) is 0 Å². The second-order valence-electron chi connectivity index (χ2n) is 5.89. The van der Waals surface area contributed by atoms with Gasteiger partial charge in [-0.15, -0.1) is 12.4 Å². The van der Waals surface area contributed by atoms with E-state index in [1.165, 1.54) is 0 Å². The molecule has 2 aromatic rings. The van der Waals surface area contributed by atoms with E-state index < -0.39 is 0 Å². The second-order valence-corrected chi connectivity index (χ2v) is 5.89. The minimum absolute atomic E-state index is 0. The molecule has 1 fully saturated rings. The Morgan fingerprint density at radius 2 is 1.92 bits per heavy atom. The van der Waals surface area contributed by atoms with E-state index in [1.807, 2.05) is 18.2 Å². The smallest absolute Gasteiger partial charge is 0.243 e. The van der Waals surface area contributed by atoms with Gasteiger partial charge in [0, 0.05) is 19.6 Å². The molecule has 3 rings (SSSR count). The normalized spacial score (nSPS) is 16.1. The molecule has 0 amide bonds. The fourth-order valence-electron chi connectivity index (χ4n) is 2.92. The zero-order chi connectivity index (χ0) is 16.9. The highest BCUT2D eigenvalue weighted by molar-refractivity contribution is 5.85. The van der Waals surface area contributed by atoms with Gasteiger partial charge < -0.3 is 24.5 Å². The van der Waals surface area contributed by atoms with E-state index in [9.17, 15) is 0 Å². The number of benzene rings is 1. The van der Waals surface area contributed by atoms with Crippen molar-refractivity contribution in [2.24, 2.45) is 11.7 Å². The predicted octanol–water partition coefficient (Wildman–Crippen LogP) is 2.53. The van der Waals surface area contributed by atoms with Crippen LogP contribution in [0.5, 0.6) is 11.5 Å². The maximum absolute atomic E-state index is 6.27. The van der Waals surface area contributed by atoms with Crippen molar-refractivity contribution in [3.05, 3.63) is 35.5 Å². The zero-order valence-electron chi connectivity index (χ0n) is 14.4. The van der Waals surface area contributed by atoms with Crippen molar-refractivity contribution in [2.75, 3.05) is 27.4 Å². The summed E-state index contributed by atoms with van der Waals surface area (Å²) in [5.74, 6) is 2.81. The highest BCUT2D eigenvalue weighted by atomic mass is 35.5. The summed E-state index contributed by atoms with van der Waals surface area (Å²) in [4.78, 5) is 4.46. The molecule has 1 atom stereocenters. The summed E-state index contributed by atoms with van der Waals surface area (Å²) in [5, 5.41) is 4.06. The van der Waals surface area contributed by atoms with Crippen molar-refractivity contribution in [1.82, 2.24) is 10.1 Å². The van der Waals surface area contributed by atoms with E-state index in [0.29, 0.717) is 35.6 Å². The molecule has 8 heteroatoms. The van der Waals surface area contributed by atoms with Crippen molar-refractivity contribution >= 4 is 12.4 Å². The Morgan fingerprint density at radius 1 is 1.20 bits per heavy atom. The van der Waals surface area contributed by atoms with Crippen molar-refractivity contribution in [3.8, 4) is 11.5 Å². The number of methoxy groups -OCH3 is 2. The molecule has 1 unspecified atom stereocenters. The van der Waals surface area contributed by atoms with E-state index in [0.717, 1.165) is 31.6 Å². The van der Waals surface area contributed by atoms with Crippen LogP contribution in [-0.2, 0) is 11.2 Å². The number of hydrogen-bond acceptors (Lipinski definition) is 7. The maximum Gasteiger partial charge on any atom is 0.243 e. The summed E-state index contributed by atoms with van der Waals surface area (Å²) in [6.07, 6.45) is 2.40. The number of rotatable bonds is 6. The first kappa shape index (κ1) is 19.5. The Morgan fingerprint density at radius 3 is 2.60 bits per heavy atom. The molecule has 138 valence electrons. The van der Waals surface area contributed by atoms with Crippen LogP contribution in [0.15, 0.2) is 22.7 Å². The van der Waals surface area contributed by atoms with E-state index in [-0.39, 0.29) is 18.4 Å². The van der Waals surface area contributed by atoms with Gasteiger partial charge in [-0.2, -0.15) is 4.98 Å². The molecule has 25 heavy (non-hydrogen) atoms. The molecule has 2 N–H and O–H groups in total. The monoisotopic (exact) mass is 369 g/mol. The largest absolute Gasteiger partial charge is 0.493 e. The molecule has 1 aliphatic heterocycles. The summed E-state index contributed by atoms with van der Waals surface area (Å²) in [7, 11) is 3.22. The molecule has 1 aliphatic rings. The van der Waals surface area contributed by atoms with E-state index in [4.69, 9.17) is 24.5 Å². The number of halogens is 1. The zero-order valence-corrected chi connectivity index (χ0v) is 15.3. The van der Waals surface area contributed by atoms with Crippen molar-refractivity contribution in [2.45, 2.75) is 25.3 Å². The van der Waals surface area contributed by atoms with Gasteiger partial charge in [-0.25, -0.2) is 0 Å². The number of hydrogen-bond donors (Lipinski definition) is 1. The SMILES string of the molecule is COc1ccc(Cc2noc(C(N)C3CCOCC3)n2)cc1OC.Cl. The third-order valence-electron chi connectivity index (χ3n) is 4.35. The highest BCUT2D eigenvalue weighted by Crippen LogP contribution is 2.29. The number of aromatic nitrogens is 2. The summed E-state index contributed by atoms with van der Waals surface area (Å²) >= 11 is 0. The molecule has 1 aromatic heterocycles. The predicted molar refractivity (Wildman–Crippen MR) is 94.4 cm³/mol. The topological polar surface area (TPSA) is 92.6 Å². The van der Waals surface area contributed by atoms with Crippen molar-refractivity contribution in [1.29, 1.82) is 0 Å². The first-order valence-corrected chi connectivity index (χ1v) is 8.08. The van der Waals surface area contributed by atoms with Gasteiger partial charge in [0.15, 0.2) is 17.3 Å². The Labute approximate surface area is 153 Å². The van der Waals surface area contributed by atoms with Crippen molar-refractivity contribution < 1.29 is 18.7 Å². The third-order valence-corrected chi connectivity index (χ3v) is 4.35. The Hall–Kier alpha value is -1.83. The van der Waals surface area contributed by atoms with Gasteiger partial charge in [0.25, 0.3) is 0 Å². The molecule has 0 bridgehead atoms. The summed E-state index contributed by atoms with van der Waals surface area (Å²) in [5.41, 5.74) is 7.29. The second kappa shape index (κ2) is 9.03. The molecule has 1 saturated heterocycles. The average molecular weight is 370 g/mol. The minimum atomic E-state index is -0.236. The molecule has 2 heterocycles. The van der Waals surface area contributed by atoms with Crippen LogP contribution >= 0.6 is 12.4 Å². The highest BCUT2D eigenvalue weighted by Gasteiger charge is 2.26. The van der Waals surface area contributed by atoms with Gasteiger partial charge in [-0.05, 0) is 36.5 Å². The standard InChI is InChI=1S/C17H23N3O4.ClH/c1-21-13-4-3-11(9-14(13)22-2)10-15-19-17(24-20-15)16(18)12-5-7-23-8-6-12;/h3-4,9,12,16H,5-8,10,18H2,1-2H3;1H. The lowest BCUT2D eigenvalue weighted by Gasteiger charge is -2.25. The summed E-state index contributed by atoms with van der Waals surface area (Å²) in [6, 6.07) is 5.49. The van der Waals surface area contributed by atoms with Crippen LogP contribution in [0.25, 0.3) is 0 Å². The Balaban J connectivity index is 0.00000225. The lowest BCUT2D eigenvalue weighted by atomic mass is 9.92. The molecular formula is C17H24ClN3O4. The van der Waals surface area contributed by atoms with Gasteiger partial charge >= 0.3 is 0 Å². The molecule has 0 aliphatic carbocycles. The molecule has 0 spiro atoms. The van der Waals surface area contributed by atoms with Gasteiger partial charge in [0.1, 0.15) is 0 Å². The van der Waals surface area contributed by atoms with Gasteiger partial charge in [0.05, 0.1) is 20.3 Å². The van der Waals surface area contributed by atoms with Crippen LogP contribution in [0.3, 0.4) is 0 Å². The number of nitrogens with two attached hydrogens (primary N) is 1. The van der Waals surface area contributed by atoms with Gasteiger partial charge in [-0.3, -0.25) is 0 Å². The van der Waals surface area contributed by atoms with Crippen LogP contribution in [0.1, 0.15) is 36.2 Å².